The first-order valence-corrected chi connectivity index (χ1v) is 8.82. The Labute approximate surface area is 154 Å². The molecule has 1 aliphatic heterocycles. The molecule has 0 aliphatic carbocycles. The van der Waals surface area contributed by atoms with Gasteiger partial charge in [0.2, 0.25) is 11.8 Å². The highest BCUT2D eigenvalue weighted by atomic mass is 79.9. The van der Waals surface area contributed by atoms with Crippen molar-refractivity contribution in [2.24, 2.45) is 5.92 Å². The number of carbonyl (C=O) groups is 2. The number of aryl methyl sites for hydroxylation is 1. The monoisotopic (exact) mass is 404 g/mol. The fraction of sp³-hybridized carbons (Fsp3) is 0.263. The summed E-state index contributed by atoms with van der Waals surface area (Å²) in [7, 11) is 0. The SMILES string of the molecule is Cc1cc(N2CC(C(=O)NCc3ccc(F)cc3)CC2=O)ccc1Br. The standard InChI is InChI=1S/C19H18BrFN2O2/c1-12-8-16(6-7-17(12)20)23-11-14(9-18(23)24)19(25)22-10-13-2-4-15(21)5-3-13/h2-8,14H,9-11H2,1H3,(H,22,25). The molecule has 2 aromatic rings. The Bertz CT molecular complexity index is 808. The average molecular weight is 405 g/mol. The van der Waals surface area contributed by atoms with Crippen molar-refractivity contribution in [1.29, 1.82) is 0 Å². The summed E-state index contributed by atoms with van der Waals surface area (Å²) in [5, 5.41) is 2.83. The van der Waals surface area contributed by atoms with Crippen LogP contribution in [0.15, 0.2) is 46.9 Å². The molecule has 0 spiro atoms. The van der Waals surface area contributed by atoms with E-state index >= 15 is 0 Å². The predicted molar refractivity (Wildman–Crippen MR) is 97.6 cm³/mol. The molecule has 1 atom stereocenters. The highest BCUT2D eigenvalue weighted by molar-refractivity contribution is 9.10. The van der Waals surface area contributed by atoms with E-state index in [9.17, 15) is 14.0 Å². The zero-order chi connectivity index (χ0) is 18.0. The lowest BCUT2D eigenvalue weighted by atomic mass is 10.1. The fourth-order valence-electron chi connectivity index (χ4n) is 2.87. The molecule has 1 aliphatic rings. The number of hydrogen-bond acceptors (Lipinski definition) is 2. The molecule has 1 heterocycles. The van der Waals surface area contributed by atoms with E-state index in [0.29, 0.717) is 13.1 Å². The zero-order valence-electron chi connectivity index (χ0n) is 13.8. The van der Waals surface area contributed by atoms with Crippen molar-refractivity contribution in [2.75, 3.05) is 11.4 Å². The lowest BCUT2D eigenvalue weighted by Crippen LogP contribution is -2.32. The third-order valence-electron chi connectivity index (χ3n) is 4.33. The van der Waals surface area contributed by atoms with E-state index in [-0.39, 0.29) is 30.0 Å². The number of hydrogen-bond donors (Lipinski definition) is 1. The van der Waals surface area contributed by atoms with Gasteiger partial charge in [-0.2, -0.15) is 0 Å². The van der Waals surface area contributed by atoms with Crippen molar-refractivity contribution < 1.29 is 14.0 Å². The number of nitrogens with one attached hydrogen (secondary N) is 1. The Morgan fingerprint density at radius 3 is 2.68 bits per heavy atom. The molecule has 0 aromatic heterocycles. The fourth-order valence-corrected chi connectivity index (χ4v) is 3.11. The van der Waals surface area contributed by atoms with Crippen LogP contribution in [0.4, 0.5) is 10.1 Å². The second-order valence-electron chi connectivity index (χ2n) is 6.18. The van der Waals surface area contributed by atoms with Crippen LogP contribution in [0.3, 0.4) is 0 Å². The molecule has 0 saturated carbocycles. The average Bonchev–Trinajstić information content (AvgIpc) is 2.98. The molecule has 2 aromatic carbocycles. The van der Waals surface area contributed by atoms with Crippen LogP contribution < -0.4 is 10.2 Å². The minimum absolute atomic E-state index is 0.0522. The number of halogens is 2. The van der Waals surface area contributed by atoms with Gasteiger partial charge >= 0.3 is 0 Å². The second kappa shape index (κ2) is 7.35. The van der Waals surface area contributed by atoms with E-state index in [1.807, 2.05) is 25.1 Å². The molecule has 6 heteroatoms. The molecule has 2 amide bonds. The number of benzene rings is 2. The van der Waals surface area contributed by atoms with Gasteiger partial charge in [0.1, 0.15) is 5.82 Å². The van der Waals surface area contributed by atoms with Crippen molar-refractivity contribution in [3.05, 3.63) is 63.9 Å². The molecule has 130 valence electrons. The molecule has 0 radical (unpaired) electrons. The van der Waals surface area contributed by atoms with Gasteiger partial charge in [-0.15, -0.1) is 0 Å². The number of anilines is 1. The molecule has 1 unspecified atom stereocenters. The summed E-state index contributed by atoms with van der Waals surface area (Å²) < 4.78 is 13.9. The zero-order valence-corrected chi connectivity index (χ0v) is 15.3. The van der Waals surface area contributed by atoms with E-state index < -0.39 is 0 Å². The molecular formula is C19H18BrFN2O2. The minimum atomic E-state index is -0.378. The van der Waals surface area contributed by atoms with Gasteiger partial charge < -0.3 is 10.2 Å². The third kappa shape index (κ3) is 4.07. The van der Waals surface area contributed by atoms with Crippen LogP contribution >= 0.6 is 15.9 Å². The molecule has 3 rings (SSSR count). The number of rotatable bonds is 4. The van der Waals surface area contributed by atoms with Crippen LogP contribution in [0.5, 0.6) is 0 Å². The first-order valence-electron chi connectivity index (χ1n) is 8.02. The molecular weight excluding hydrogens is 387 g/mol. The van der Waals surface area contributed by atoms with Crippen LogP contribution in [0.25, 0.3) is 0 Å². The summed E-state index contributed by atoms with van der Waals surface area (Å²) in [4.78, 5) is 26.3. The van der Waals surface area contributed by atoms with Crippen molar-refractivity contribution in [2.45, 2.75) is 19.9 Å². The van der Waals surface area contributed by atoms with Crippen LogP contribution in [0.2, 0.25) is 0 Å². The maximum Gasteiger partial charge on any atom is 0.227 e. The van der Waals surface area contributed by atoms with Gasteiger partial charge in [0, 0.05) is 29.7 Å². The Morgan fingerprint density at radius 2 is 2.00 bits per heavy atom. The smallest absolute Gasteiger partial charge is 0.227 e. The summed E-state index contributed by atoms with van der Waals surface area (Å²) >= 11 is 3.44. The van der Waals surface area contributed by atoms with Crippen LogP contribution in [-0.4, -0.2) is 18.4 Å². The van der Waals surface area contributed by atoms with Crippen LogP contribution in [0.1, 0.15) is 17.5 Å². The third-order valence-corrected chi connectivity index (χ3v) is 5.22. The number of amides is 2. The maximum absolute atomic E-state index is 12.9. The van der Waals surface area contributed by atoms with E-state index in [4.69, 9.17) is 0 Å². The Hall–Kier alpha value is -2.21. The van der Waals surface area contributed by atoms with E-state index in [1.165, 1.54) is 12.1 Å². The first-order chi connectivity index (χ1) is 11.9. The first kappa shape index (κ1) is 17.6. The lowest BCUT2D eigenvalue weighted by Gasteiger charge is -2.17. The van der Waals surface area contributed by atoms with Gasteiger partial charge in [-0.05, 0) is 48.4 Å². The quantitative estimate of drug-likeness (QED) is 0.846. The Kier molecular flexibility index (Phi) is 5.18. The van der Waals surface area contributed by atoms with Gasteiger partial charge in [0.25, 0.3) is 0 Å². The Balaban J connectivity index is 1.62. The summed E-state index contributed by atoms with van der Waals surface area (Å²) in [6.45, 7) is 2.65. The van der Waals surface area contributed by atoms with E-state index in [0.717, 1.165) is 21.3 Å². The van der Waals surface area contributed by atoms with Crippen LogP contribution in [0, 0.1) is 18.7 Å². The molecule has 25 heavy (non-hydrogen) atoms. The van der Waals surface area contributed by atoms with Gasteiger partial charge in [-0.3, -0.25) is 9.59 Å². The Morgan fingerprint density at radius 1 is 1.28 bits per heavy atom. The minimum Gasteiger partial charge on any atom is -0.352 e. The lowest BCUT2D eigenvalue weighted by molar-refractivity contribution is -0.126. The summed E-state index contributed by atoms with van der Waals surface area (Å²) in [5.41, 5.74) is 2.66. The second-order valence-corrected chi connectivity index (χ2v) is 7.04. The topological polar surface area (TPSA) is 49.4 Å². The molecule has 1 saturated heterocycles. The highest BCUT2D eigenvalue weighted by Crippen LogP contribution is 2.28. The maximum atomic E-state index is 12.9. The van der Waals surface area contributed by atoms with E-state index in [2.05, 4.69) is 21.2 Å². The van der Waals surface area contributed by atoms with Gasteiger partial charge in [0.05, 0.1) is 5.92 Å². The van der Waals surface area contributed by atoms with Crippen molar-refractivity contribution >= 4 is 33.4 Å². The summed E-state index contributed by atoms with van der Waals surface area (Å²) in [6.07, 6.45) is 0.199. The van der Waals surface area contributed by atoms with Gasteiger partial charge in [0.15, 0.2) is 0 Å². The summed E-state index contributed by atoms with van der Waals surface area (Å²) in [5.74, 6) is -0.897. The molecule has 4 nitrogen and oxygen atoms in total. The van der Waals surface area contributed by atoms with Crippen molar-refractivity contribution in [3.8, 4) is 0 Å². The molecule has 0 bridgehead atoms. The molecule has 1 fully saturated rings. The number of nitrogens with zero attached hydrogens (tertiary/aromatic N) is 1. The van der Waals surface area contributed by atoms with Crippen molar-refractivity contribution in [1.82, 2.24) is 5.32 Å². The van der Waals surface area contributed by atoms with Crippen molar-refractivity contribution in [3.63, 3.8) is 0 Å². The van der Waals surface area contributed by atoms with Crippen LogP contribution in [-0.2, 0) is 16.1 Å². The van der Waals surface area contributed by atoms with E-state index in [1.54, 1.807) is 17.0 Å². The normalized spacial score (nSPS) is 17.0. The molecule has 1 N–H and O–H groups in total. The predicted octanol–water partition coefficient (Wildman–Crippen LogP) is 3.57. The summed E-state index contributed by atoms with van der Waals surface area (Å²) in [6, 6.07) is 11.7. The largest absolute Gasteiger partial charge is 0.352 e. The highest BCUT2D eigenvalue weighted by Gasteiger charge is 2.35. The number of carbonyl (C=O) groups excluding carboxylic acids is 2. The van der Waals surface area contributed by atoms with Gasteiger partial charge in [-0.1, -0.05) is 28.1 Å². The van der Waals surface area contributed by atoms with Gasteiger partial charge in [-0.25, -0.2) is 4.39 Å².